The largest absolute Gasteiger partial charge is 0.497 e. The van der Waals surface area contributed by atoms with Gasteiger partial charge in [0.1, 0.15) is 24.4 Å². The molecular weight excluding hydrogens is 441 g/mol. The molecule has 1 aliphatic heterocycles. The van der Waals surface area contributed by atoms with Gasteiger partial charge in [0.15, 0.2) is 0 Å². The number of hydrogen-bond acceptors (Lipinski definition) is 6. The van der Waals surface area contributed by atoms with Crippen LogP contribution in [0.2, 0.25) is 0 Å². The average Bonchev–Trinajstić information content (AvgIpc) is 3.22. The molecule has 0 radical (unpaired) electrons. The van der Waals surface area contributed by atoms with Gasteiger partial charge in [-0.15, -0.1) is 0 Å². The Labute approximate surface area is 189 Å². The van der Waals surface area contributed by atoms with Crippen LogP contribution >= 0.6 is 0 Å². The molecule has 0 bridgehead atoms. The molecular formula is C23H25F3N2O5. The summed E-state index contributed by atoms with van der Waals surface area (Å²) in [5.41, 5.74) is 1.38. The van der Waals surface area contributed by atoms with Crippen molar-refractivity contribution >= 4 is 12.1 Å². The minimum absolute atomic E-state index is 0.180. The lowest BCUT2D eigenvalue weighted by Crippen LogP contribution is -2.53. The van der Waals surface area contributed by atoms with Gasteiger partial charge < -0.3 is 19.5 Å². The molecule has 1 aliphatic rings. The van der Waals surface area contributed by atoms with Gasteiger partial charge in [-0.2, -0.15) is 13.2 Å². The number of nitrogens with one attached hydrogen (secondary N) is 1. The molecule has 1 fully saturated rings. The SMILES string of the molecule is COC(=O)[C@H]1[C@@H](NCc2ccc(OC)cc2)C[C@@H](C(F)(F)F)N1C(=O)OCc1ccccc1. The third kappa shape index (κ3) is 5.95. The zero-order valence-electron chi connectivity index (χ0n) is 18.2. The fraction of sp³-hybridized carbons (Fsp3) is 0.391. The first kappa shape index (κ1) is 24.4. The van der Waals surface area contributed by atoms with Gasteiger partial charge in [-0.25, -0.2) is 9.59 Å². The molecule has 1 saturated heterocycles. The number of halogens is 3. The number of carbonyl (C=O) groups is 2. The Kier molecular flexibility index (Phi) is 7.80. The number of methoxy groups -OCH3 is 2. The Balaban J connectivity index is 1.79. The van der Waals surface area contributed by atoms with Crippen molar-refractivity contribution in [3.05, 3.63) is 65.7 Å². The summed E-state index contributed by atoms with van der Waals surface area (Å²) in [5, 5.41) is 2.97. The van der Waals surface area contributed by atoms with Crippen molar-refractivity contribution in [1.82, 2.24) is 10.2 Å². The van der Waals surface area contributed by atoms with Crippen LogP contribution in [0.4, 0.5) is 18.0 Å². The molecule has 1 amide bonds. The second-order valence-electron chi connectivity index (χ2n) is 7.54. The molecule has 3 rings (SSSR count). The number of rotatable bonds is 7. The van der Waals surface area contributed by atoms with E-state index in [0.717, 1.165) is 12.7 Å². The van der Waals surface area contributed by atoms with Crippen molar-refractivity contribution in [1.29, 1.82) is 0 Å². The maximum Gasteiger partial charge on any atom is 0.411 e. The molecule has 0 spiro atoms. The molecule has 0 unspecified atom stereocenters. The Morgan fingerprint density at radius 2 is 1.70 bits per heavy atom. The van der Waals surface area contributed by atoms with E-state index in [4.69, 9.17) is 14.2 Å². The predicted molar refractivity (Wildman–Crippen MR) is 112 cm³/mol. The quantitative estimate of drug-likeness (QED) is 0.628. The van der Waals surface area contributed by atoms with E-state index < -0.39 is 42.8 Å². The molecule has 2 aromatic rings. The van der Waals surface area contributed by atoms with Crippen LogP contribution in [0.15, 0.2) is 54.6 Å². The Morgan fingerprint density at radius 1 is 1.03 bits per heavy atom. The fourth-order valence-corrected chi connectivity index (χ4v) is 3.78. The van der Waals surface area contributed by atoms with Gasteiger partial charge in [0.25, 0.3) is 0 Å². The minimum atomic E-state index is -4.76. The number of alkyl halides is 3. The second kappa shape index (κ2) is 10.6. The summed E-state index contributed by atoms with van der Waals surface area (Å²) < 4.78 is 56.5. The Morgan fingerprint density at radius 3 is 2.27 bits per heavy atom. The second-order valence-corrected chi connectivity index (χ2v) is 7.54. The monoisotopic (exact) mass is 466 g/mol. The lowest BCUT2D eigenvalue weighted by Gasteiger charge is -2.30. The van der Waals surface area contributed by atoms with E-state index in [2.05, 4.69) is 5.32 Å². The van der Waals surface area contributed by atoms with Gasteiger partial charge >= 0.3 is 18.2 Å². The van der Waals surface area contributed by atoms with Crippen LogP contribution in [0.1, 0.15) is 17.5 Å². The summed E-state index contributed by atoms with van der Waals surface area (Å²) in [5.74, 6) is -0.317. The molecule has 0 saturated carbocycles. The Bertz CT molecular complexity index is 937. The first-order chi connectivity index (χ1) is 15.7. The summed E-state index contributed by atoms with van der Waals surface area (Å²) >= 11 is 0. The lowest BCUT2D eigenvalue weighted by molar-refractivity contribution is -0.177. The first-order valence-electron chi connectivity index (χ1n) is 10.2. The molecule has 3 atom stereocenters. The highest BCUT2D eigenvalue weighted by molar-refractivity contribution is 5.83. The van der Waals surface area contributed by atoms with Gasteiger partial charge in [-0.1, -0.05) is 42.5 Å². The van der Waals surface area contributed by atoms with Crippen molar-refractivity contribution < 1.29 is 37.0 Å². The molecule has 7 nitrogen and oxygen atoms in total. The van der Waals surface area contributed by atoms with E-state index >= 15 is 0 Å². The maximum atomic E-state index is 13.9. The number of likely N-dealkylation sites (tertiary alicyclic amines) is 1. The summed E-state index contributed by atoms with van der Waals surface area (Å²) in [4.78, 5) is 25.7. The van der Waals surface area contributed by atoms with E-state index in [1.54, 1.807) is 54.6 Å². The molecule has 1 heterocycles. The van der Waals surface area contributed by atoms with Crippen LogP contribution in [-0.4, -0.2) is 55.5 Å². The number of nitrogens with zero attached hydrogens (tertiary/aromatic N) is 1. The van der Waals surface area contributed by atoms with Crippen LogP contribution in [0.25, 0.3) is 0 Å². The van der Waals surface area contributed by atoms with Gasteiger partial charge in [0.2, 0.25) is 0 Å². The summed E-state index contributed by atoms with van der Waals surface area (Å²) in [6.45, 7) is -0.0434. The number of esters is 1. The highest BCUT2D eigenvalue weighted by Gasteiger charge is 2.58. The van der Waals surface area contributed by atoms with E-state index in [-0.39, 0.29) is 13.2 Å². The standard InChI is InChI=1S/C23H25F3N2O5/c1-31-17-10-8-15(9-11-17)13-27-18-12-19(23(24,25)26)28(20(18)21(29)32-2)22(30)33-14-16-6-4-3-5-7-16/h3-11,18-20,27H,12-14H2,1-2H3/t18-,19-,20+/m0/s1. The highest BCUT2D eigenvalue weighted by atomic mass is 19.4. The third-order valence-electron chi connectivity index (χ3n) is 5.46. The molecule has 33 heavy (non-hydrogen) atoms. The molecule has 2 aromatic carbocycles. The first-order valence-corrected chi connectivity index (χ1v) is 10.2. The van der Waals surface area contributed by atoms with E-state index in [1.165, 1.54) is 7.11 Å². The van der Waals surface area contributed by atoms with Gasteiger partial charge in [0.05, 0.1) is 14.2 Å². The van der Waals surface area contributed by atoms with Crippen molar-refractivity contribution in [2.75, 3.05) is 14.2 Å². The summed E-state index contributed by atoms with van der Waals surface area (Å²) in [6.07, 6.45) is -6.50. The number of benzene rings is 2. The number of hydrogen-bond donors (Lipinski definition) is 1. The van der Waals surface area contributed by atoms with Crippen LogP contribution in [-0.2, 0) is 27.4 Å². The number of ether oxygens (including phenoxy) is 3. The summed E-state index contributed by atoms with van der Waals surface area (Å²) in [7, 11) is 2.59. The minimum Gasteiger partial charge on any atom is -0.497 e. The highest BCUT2D eigenvalue weighted by Crippen LogP contribution is 2.37. The van der Waals surface area contributed by atoms with Crippen LogP contribution < -0.4 is 10.1 Å². The van der Waals surface area contributed by atoms with E-state index in [0.29, 0.717) is 16.2 Å². The van der Waals surface area contributed by atoms with Crippen molar-refractivity contribution in [2.45, 2.75) is 43.9 Å². The normalized spacial score (nSPS) is 20.4. The van der Waals surface area contributed by atoms with Gasteiger partial charge in [-0.05, 0) is 29.7 Å². The maximum absolute atomic E-state index is 13.9. The zero-order valence-corrected chi connectivity index (χ0v) is 18.2. The summed E-state index contributed by atoms with van der Waals surface area (Å²) in [6, 6.07) is 10.8. The van der Waals surface area contributed by atoms with E-state index in [1.807, 2.05) is 0 Å². The molecule has 0 aliphatic carbocycles. The fourth-order valence-electron chi connectivity index (χ4n) is 3.78. The molecule has 178 valence electrons. The van der Waals surface area contributed by atoms with Crippen LogP contribution in [0.3, 0.4) is 0 Å². The van der Waals surface area contributed by atoms with Gasteiger partial charge in [0, 0.05) is 12.6 Å². The molecule has 1 N–H and O–H groups in total. The molecule has 0 aromatic heterocycles. The van der Waals surface area contributed by atoms with Crippen molar-refractivity contribution in [3.8, 4) is 5.75 Å². The number of amides is 1. The van der Waals surface area contributed by atoms with Crippen molar-refractivity contribution in [3.63, 3.8) is 0 Å². The predicted octanol–water partition coefficient (Wildman–Crippen LogP) is 3.67. The lowest BCUT2D eigenvalue weighted by atomic mass is 10.1. The Hall–Kier alpha value is -3.27. The smallest absolute Gasteiger partial charge is 0.411 e. The van der Waals surface area contributed by atoms with Crippen LogP contribution in [0.5, 0.6) is 5.75 Å². The van der Waals surface area contributed by atoms with Crippen LogP contribution in [0, 0.1) is 0 Å². The zero-order chi connectivity index (χ0) is 24.0. The van der Waals surface area contributed by atoms with Crippen molar-refractivity contribution in [2.24, 2.45) is 0 Å². The average molecular weight is 466 g/mol. The third-order valence-corrected chi connectivity index (χ3v) is 5.46. The topological polar surface area (TPSA) is 77.1 Å². The molecule has 10 heteroatoms. The number of carbonyl (C=O) groups excluding carboxylic acids is 2. The van der Waals surface area contributed by atoms with Gasteiger partial charge in [-0.3, -0.25) is 4.90 Å². The van der Waals surface area contributed by atoms with E-state index in [9.17, 15) is 22.8 Å².